The third-order valence-electron chi connectivity index (χ3n) is 21.0. The largest absolute Gasteiger partial charge is 1.00 e. The molecule has 0 radical (unpaired) electrons. The topological polar surface area (TPSA) is 167 Å². The van der Waals surface area contributed by atoms with E-state index in [1.54, 1.807) is 35.6 Å². The van der Waals surface area contributed by atoms with Crippen molar-refractivity contribution in [3.05, 3.63) is 333 Å². The molecule has 12 aromatic rings. The zero-order chi connectivity index (χ0) is 88.3. The first-order valence-electron chi connectivity index (χ1n) is 41.4. The Morgan fingerprint density at radius 1 is 0.559 bits per heavy atom. The number of nitrogens with zero attached hydrogens (tertiary/aromatic N) is 10. The maximum atomic E-state index is 10.4. The number of piperidine rings is 1. The predicted octanol–water partition coefficient (Wildman–Crippen LogP) is 10.7. The standard InChI is InChI=1S/C21H25N2.C17H15N2OS.C17H15N2S2.C16H21N2S.C14H23N2OS.2C7H8O3S.ClH.2HI/c1-22(18-20-12-6-3-7-13-20)16-10-5-11-17-23(2)19-21-14-8-4-9-15-21;2*1-18-12-7-3-5-9-14(12)20-16(18)11-17-19(2)13-8-4-6-10-15(13)21-17;1-2-18-14-8-4-5-9-15(14)19-16(18)10-13-17-11-6-3-7-12-17;1-5-16-9-10-18-13(16)8-6-7-12-15(4)14(2,3)11-17-12;2*1-6-2-4-7(5-3-6)11(8,9)10;;;/h3-17H,18-19H2,1-2H3;2*3-11H,1-2H3;4-5,8-10,13H,2-3,6-7,11-12H2,1H3;6-8H,5,9-11H2,1-4H3;2*2-5H,1H3,(H,8,9,10);3*1H/q5*+1;;;;;/p-5. The summed E-state index contributed by atoms with van der Waals surface area (Å²) in [4.78, 5) is 12.1. The highest BCUT2D eigenvalue weighted by atomic mass is 127. The summed E-state index contributed by atoms with van der Waals surface area (Å²) in [6, 6.07) is 74.8. The van der Waals surface area contributed by atoms with Crippen LogP contribution in [-0.4, -0.2) is 140 Å². The molecule has 9 aromatic carbocycles. The summed E-state index contributed by atoms with van der Waals surface area (Å²) >= 11 is 9.26. The van der Waals surface area contributed by atoms with E-state index >= 15 is 0 Å². The lowest BCUT2D eigenvalue weighted by Crippen LogP contribution is -3.00. The quantitative estimate of drug-likeness (QED) is 0.0278. The lowest BCUT2D eigenvalue weighted by molar-refractivity contribution is -0.665. The van der Waals surface area contributed by atoms with Crippen molar-refractivity contribution in [1.82, 2.24) is 14.7 Å². The maximum Gasteiger partial charge on any atom is 0.267 e. The summed E-state index contributed by atoms with van der Waals surface area (Å²) in [6.07, 6.45) is 29.8. The number of hydrogen-bond donors (Lipinski definition) is 0. The van der Waals surface area contributed by atoms with Gasteiger partial charge in [-0.15, -0.1) is 0 Å². The van der Waals surface area contributed by atoms with Crippen LogP contribution in [0.2, 0.25) is 0 Å². The van der Waals surface area contributed by atoms with E-state index in [9.17, 15) is 25.9 Å². The SMILES string of the molecule is CC[N+]1=C(C=CC=C2OCC(C)(C)N2C)SCC1.CC[n+]1c(/C=C/N2CCCCC2)sc2ccccc21.CN(/C=C/C=C/C=[N+](C)Cc1ccccc1)Cc1ccccc1.CN1/C(=C/c2sc3ccccc3[n+]2C)Sc2ccccc21.CN1C(=Cc2sc3ccccc3[n+]2C)Oc2ccccc21.Cc1ccc(S(=O)(=O)[O-])cc1.Cc1ccc(S(=O)(=O)[O-])cc1.[Cl-].[I-].[I-]. The zero-order valence-electron chi connectivity index (χ0n) is 74.1. The van der Waals surface area contributed by atoms with Crippen LogP contribution in [0.1, 0.15) is 84.2 Å². The number of fused-ring (bicyclic) bond motifs is 5. The molecule has 8 heterocycles. The number of aromatic nitrogens is 3. The Hall–Kier alpha value is -8.96. The Balaban J connectivity index is 0.000000185. The normalized spacial score (nSPS) is 15.5. The molecule has 0 N–H and O–H groups in total. The highest BCUT2D eigenvalue weighted by Crippen LogP contribution is 2.46. The number of ether oxygens (including phenoxy) is 2. The molecule has 0 saturated carbocycles. The van der Waals surface area contributed by atoms with Crippen molar-refractivity contribution in [3.63, 3.8) is 0 Å². The van der Waals surface area contributed by atoms with Crippen LogP contribution in [0.3, 0.4) is 0 Å². The van der Waals surface area contributed by atoms with Gasteiger partial charge in [-0.1, -0.05) is 220 Å². The van der Waals surface area contributed by atoms with Crippen molar-refractivity contribution < 1.29 is 119 Å². The van der Waals surface area contributed by atoms with Gasteiger partial charge in [0.15, 0.2) is 30.9 Å². The monoisotopic (exact) mass is 2080 g/mol. The number of hydrogen-bond acceptors (Lipinski definition) is 18. The summed E-state index contributed by atoms with van der Waals surface area (Å²) < 4.78 is 89.4. The van der Waals surface area contributed by atoms with E-state index in [2.05, 4.69) is 342 Å². The van der Waals surface area contributed by atoms with Gasteiger partial charge in [0.05, 0.1) is 49.6 Å². The van der Waals surface area contributed by atoms with Crippen molar-refractivity contribution in [3.8, 4) is 5.75 Å². The summed E-state index contributed by atoms with van der Waals surface area (Å²) in [7, 11) is 6.12. The van der Waals surface area contributed by atoms with Crippen LogP contribution in [0.4, 0.5) is 11.4 Å². The molecule has 0 amide bonds. The van der Waals surface area contributed by atoms with Crippen molar-refractivity contribution >= 4 is 149 Å². The average molecular weight is 2080 g/mol. The lowest BCUT2D eigenvalue weighted by atomic mass is 10.1. The van der Waals surface area contributed by atoms with E-state index in [1.807, 2.05) is 97.4 Å². The van der Waals surface area contributed by atoms with Gasteiger partial charge in [-0.2, -0.15) is 13.7 Å². The Labute approximate surface area is 812 Å². The number of allylic oxidation sites excluding steroid dienone is 5. The van der Waals surface area contributed by atoms with E-state index in [0.717, 1.165) is 67.1 Å². The molecule has 5 aliphatic rings. The van der Waals surface area contributed by atoms with Gasteiger partial charge in [-0.3, -0.25) is 0 Å². The number of thioether (sulfide) groups is 2. The van der Waals surface area contributed by atoms with Crippen LogP contribution in [0.5, 0.6) is 5.75 Å². The highest BCUT2D eigenvalue weighted by molar-refractivity contribution is 8.14. The third-order valence-corrected chi connectivity index (χ3v) is 28.4. The van der Waals surface area contributed by atoms with Gasteiger partial charge in [0.2, 0.25) is 27.5 Å². The summed E-state index contributed by atoms with van der Waals surface area (Å²) in [5.41, 5.74) is 10.9. The van der Waals surface area contributed by atoms with E-state index in [1.165, 1.54) is 146 Å². The molecule has 670 valence electrons. The number of thiazole rings is 3. The van der Waals surface area contributed by atoms with E-state index in [-0.39, 0.29) is 75.7 Å². The van der Waals surface area contributed by atoms with Crippen LogP contribution in [0, 0.1) is 13.8 Å². The fourth-order valence-corrected chi connectivity index (χ4v) is 20.2. The number of benzene rings is 9. The van der Waals surface area contributed by atoms with Crippen molar-refractivity contribution in [2.24, 2.45) is 14.1 Å². The first-order chi connectivity index (χ1) is 59.6. The van der Waals surface area contributed by atoms with Crippen molar-refractivity contribution in [2.75, 3.05) is 83.6 Å². The minimum atomic E-state index is -4.27. The van der Waals surface area contributed by atoms with Crippen LogP contribution >= 0.6 is 57.5 Å². The predicted molar refractivity (Wildman–Crippen MR) is 515 cm³/mol. The molecular weight excluding hydrogens is 1970 g/mol. The molecule has 5 aliphatic heterocycles. The second-order valence-electron chi connectivity index (χ2n) is 30.7. The first-order valence-corrected chi connectivity index (χ1v) is 48.5. The molecule has 0 bridgehead atoms. The number of rotatable bonds is 17. The summed E-state index contributed by atoms with van der Waals surface area (Å²) in [6.45, 7) is 20.8. The molecular formula is C99H113ClI2N10O8S7. The third kappa shape index (κ3) is 30.0. The number of likely N-dealkylation sites (tertiary alicyclic amines) is 1. The first kappa shape index (κ1) is 103. The van der Waals surface area contributed by atoms with Crippen molar-refractivity contribution in [2.45, 2.75) is 101 Å². The number of likely N-dealkylation sites (N-methyl/N-ethyl adjacent to an activating group) is 1. The Bertz CT molecular complexity index is 5910. The minimum absolute atomic E-state index is 0. The molecule has 0 unspecified atom stereocenters. The molecule has 18 nitrogen and oxygen atoms in total. The van der Waals surface area contributed by atoms with Gasteiger partial charge in [-0.25, -0.2) is 26.0 Å². The van der Waals surface area contributed by atoms with E-state index in [4.69, 9.17) is 9.47 Å². The Morgan fingerprint density at radius 2 is 1.07 bits per heavy atom. The molecule has 28 heteroatoms. The fraction of sp³-hybridized carbons (Fsp3) is 0.263. The smallest absolute Gasteiger partial charge is 0.267 e. The number of para-hydroxylation sites is 6. The molecule has 0 spiro atoms. The molecule has 2 fully saturated rings. The molecule has 0 aliphatic carbocycles. The molecule has 17 rings (SSSR count). The summed E-state index contributed by atoms with van der Waals surface area (Å²) in [5, 5.41) is 6.45. The van der Waals surface area contributed by atoms with Gasteiger partial charge in [-0.05, 0) is 158 Å². The van der Waals surface area contributed by atoms with Crippen LogP contribution in [0.25, 0.3) is 48.9 Å². The Morgan fingerprint density at radius 3 is 1.61 bits per heavy atom. The number of anilines is 2. The molecule has 3 aromatic heterocycles. The van der Waals surface area contributed by atoms with Gasteiger partial charge in [0.25, 0.3) is 15.0 Å². The van der Waals surface area contributed by atoms with Gasteiger partial charge in [0.1, 0.15) is 75.2 Å². The fourth-order valence-electron chi connectivity index (χ4n) is 13.7. The van der Waals surface area contributed by atoms with Gasteiger partial charge < -0.3 is 103 Å². The van der Waals surface area contributed by atoms with Crippen LogP contribution < -0.4 is 88.6 Å². The number of halogens is 3. The highest BCUT2D eigenvalue weighted by Gasteiger charge is 2.34. The molecule has 0 atom stereocenters. The molecule has 2 saturated heterocycles. The zero-order valence-corrected chi connectivity index (χ0v) is 84.9. The van der Waals surface area contributed by atoms with Gasteiger partial charge in [0, 0.05) is 101 Å². The molecule has 127 heavy (non-hydrogen) atoms. The van der Waals surface area contributed by atoms with Crippen LogP contribution in [0.15, 0.2) is 311 Å². The van der Waals surface area contributed by atoms with E-state index in [0.29, 0.717) is 0 Å². The average Bonchev–Trinajstić information content (AvgIpc) is 1.78. The second-order valence-corrected chi connectivity index (χ2v) is 38.8. The maximum absolute atomic E-state index is 10.4. The van der Waals surface area contributed by atoms with E-state index < -0.39 is 20.2 Å². The summed E-state index contributed by atoms with van der Waals surface area (Å²) in [5.74, 6) is 3.93. The van der Waals surface area contributed by atoms with Gasteiger partial charge >= 0.3 is 0 Å². The second kappa shape index (κ2) is 50.3. The minimum Gasteiger partial charge on any atom is -1.00 e. The van der Waals surface area contributed by atoms with Crippen molar-refractivity contribution in [1.29, 1.82) is 0 Å². The lowest BCUT2D eigenvalue weighted by Gasteiger charge is -2.25. The van der Waals surface area contributed by atoms with Crippen LogP contribution in [-0.2, 0) is 58.7 Å². The Kier molecular flexibility index (Phi) is 40.9. The number of aryl methyl sites for hydroxylation is 5.